The van der Waals surface area contributed by atoms with Gasteiger partial charge in [-0.1, -0.05) is 6.92 Å². The molecule has 4 aromatic rings. The zero-order valence-corrected chi connectivity index (χ0v) is 21.5. The van der Waals surface area contributed by atoms with Crippen LogP contribution in [0.15, 0.2) is 36.4 Å². The highest BCUT2D eigenvalue weighted by molar-refractivity contribution is 7.17. The number of hydrogen-bond donors (Lipinski definition) is 1. The fourth-order valence-corrected chi connectivity index (χ4v) is 5.91. The number of aromatic nitrogens is 3. The number of halogens is 3. The molecule has 1 atom stereocenters. The standard InChI is InChI=1S/C26H23F3N4O4S/c1-13-4-9-16-19(10-13)38-24(22(16)25(35)37-3)31-23(34)18-12-21-30-17(14-5-7-15(36-2)8-6-14)11-20(26(27,28)29)33(21)32-18/h5-8,11-13H,4,9-10H2,1-3H3,(H,31,34)/t13-/m0/s1. The molecule has 0 spiro atoms. The fraction of sp³-hybridized carbons (Fsp3) is 0.308. The molecule has 0 unspecified atom stereocenters. The lowest BCUT2D eigenvalue weighted by atomic mass is 9.88. The van der Waals surface area contributed by atoms with Gasteiger partial charge in [0.25, 0.3) is 5.91 Å². The number of fused-ring (bicyclic) bond motifs is 2. The molecule has 0 radical (unpaired) electrons. The number of anilines is 1. The summed E-state index contributed by atoms with van der Waals surface area (Å²) >= 11 is 1.28. The second-order valence-electron chi connectivity index (χ2n) is 9.05. The topological polar surface area (TPSA) is 94.8 Å². The molecule has 1 aromatic carbocycles. The third-order valence-electron chi connectivity index (χ3n) is 6.46. The number of carbonyl (C=O) groups is 2. The molecule has 198 valence electrons. The van der Waals surface area contributed by atoms with Gasteiger partial charge in [-0.05, 0) is 61.1 Å². The Hall–Kier alpha value is -3.93. The number of ether oxygens (including phenoxy) is 2. The maximum Gasteiger partial charge on any atom is 0.433 e. The lowest BCUT2D eigenvalue weighted by molar-refractivity contribution is -0.142. The monoisotopic (exact) mass is 544 g/mol. The summed E-state index contributed by atoms with van der Waals surface area (Å²) in [5.74, 6) is -0.357. The number of nitrogens with one attached hydrogen (secondary N) is 1. The molecule has 0 saturated carbocycles. The Morgan fingerprint density at radius 1 is 1.16 bits per heavy atom. The van der Waals surface area contributed by atoms with Gasteiger partial charge in [-0.3, -0.25) is 4.79 Å². The number of nitrogens with zero attached hydrogens (tertiary/aromatic N) is 3. The summed E-state index contributed by atoms with van der Waals surface area (Å²) in [6.07, 6.45) is -2.42. The smallest absolute Gasteiger partial charge is 0.433 e. The minimum atomic E-state index is -4.76. The van der Waals surface area contributed by atoms with Crippen LogP contribution in [0.3, 0.4) is 0 Å². The van der Waals surface area contributed by atoms with Crippen LogP contribution in [0.4, 0.5) is 18.2 Å². The molecule has 8 nitrogen and oxygen atoms in total. The van der Waals surface area contributed by atoms with E-state index >= 15 is 0 Å². The van der Waals surface area contributed by atoms with Crippen molar-refractivity contribution in [2.45, 2.75) is 32.4 Å². The van der Waals surface area contributed by atoms with Crippen molar-refractivity contribution >= 4 is 33.9 Å². The Bertz CT molecular complexity index is 1540. The maximum atomic E-state index is 14.0. The zero-order chi connectivity index (χ0) is 27.2. The van der Waals surface area contributed by atoms with Gasteiger partial charge in [0.2, 0.25) is 0 Å². The Morgan fingerprint density at radius 2 is 1.89 bits per heavy atom. The molecular formula is C26H23F3N4O4S. The summed E-state index contributed by atoms with van der Waals surface area (Å²) in [6.45, 7) is 2.11. The van der Waals surface area contributed by atoms with Crippen molar-refractivity contribution in [2.24, 2.45) is 5.92 Å². The van der Waals surface area contributed by atoms with Crippen molar-refractivity contribution in [2.75, 3.05) is 19.5 Å². The average molecular weight is 545 g/mol. The minimum Gasteiger partial charge on any atom is -0.497 e. The lowest BCUT2D eigenvalue weighted by Crippen LogP contribution is -2.17. The van der Waals surface area contributed by atoms with Crippen LogP contribution < -0.4 is 10.1 Å². The van der Waals surface area contributed by atoms with Crippen LogP contribution in [0.2, 0.25) is 0 Å². The van der Waals surface area contributed by atoms with Gasteiger partial charge in [-0.15, -0.1) is 11.3 Å². The van der Waals surface area contributed by atoms with Crippen LogP contribution in [-0.4, -0.2) is 40.7 Å². The Kier molecular flexibility index (Phi) is 6.59. The van der Waals surface area contributed by atoms with Gasteiger partial charge in [0.1, 0.15) is 10.8 Å². The van der Waals surface area contributed by atoms with Crippen molar-refractivity contribution < 1.29 is 32.2 Å². The summed E-state index contributed by atoms with van der Waals surface area (Å²) in [6, 6.07) is 8.48. The molecule has 1 aliphatic rings. The molecular weight excluding hydrogens is 521 g/mol. The van der Waals surface area contributed by atoms with E-state index in [-0.39, 0.29) is 22.6 Å². The van der Waals surface area contributed by atoms with Crippen LogP contribution in [0, 0.1) is 5.92 Å². The van der Waals surface area contributed by atoms with Crippen LogP contribution in [0.5, 0.6) is 5.75 Å². The van der Waals surface area contributed by atoms with Crippen LogP contribution in [-0.2, 0) is 23.8 Å². The number of benzene rings is 1. The van der Waals surface area contributed by atoms with Gasteiger partial charge in [-0.2, -0.15) is 18.3 Å². The van der Waals surface area contributed by atoms with Gasteiger partial charge in [-0.25, -0.2) is 14.3 Å². The number of methoxy groups -OCH3 is 2. The first-order valence-electron chi connectivity index (χ1n) is 11.8. The molecule has 1 N–H and O–H groups in total. The lowest BCUT2D eigenvalue weighted by Gasteiger charge is -2.18. The van der Waals surface area contributed by atoms with E-state index in [9.17, 15) is 22.8 Å². The minimum absolute atomic E-state index is 0.0624. The summed E-state index contributed by atoms with van der Waals surface area (Å²) in [5, 5.41) is 6.88. The normalized spacial score (nSPS) is 15.3. The van der Waals surface area contributed by atoms with E-state index in [1.165, 1.54) is 31.6 Å². The van der Waals surface area contributed by atoms with Gasteiger partial charge in [0.15, 0.2) is 17.0 Å². The maximum absolute atomic E-state index is 14.0. The molecule has 0 fully saturated rings. The predicted octanol–water partition coefficient (Wildman–Crippen LogP) is 5.65. The molecule has 0 aliphatic heterocycles. The van der Waals surface area contributed by atoms with Gasteiger partial charge < -0.3 is 14.8 Å². The van der Waals surface area contributed by atoms with Crippen molar-refractivity contribution in [1.29, 1.82) is 0 Å². The number of thiophene rings is 1. The summed E-state index contributed by atoms with van der Waals surface area (Å²) in [7, 11) is 2.75. The summed E-state index contributed by atoms with van der Waals surface area (Å²) in [5.41, 5.74) is 0.124. The number of hydrogen-bond acceptors (Lipinski definition) is 7. The largest absolute Gasteiger partial charge is 0.497 e. The van der Waals surface area contributed by atoms with Crippen molar-refractivity contribution in [3.8, 4) is 17.0 Å². The molecule has 3 aromatic heterocycles. The Balaban J connectivity index is 1.54. The van der Waals surface area contributed by atoms with E-state index in [0.29, 0.717) is 33.2 Å². The van der Waals surface area contributed by atoms with Crippen molar-refractivity contribution in [3.05, 3.63) is 63.8 Å². The van der Waals surface area contributed by atoms with Gasteiger partial charge >= 0.3 is 12.1 Å². The Labute approximate surface area is 219 Å². The molecule has 3 heterocycles. The molecule has 0 bridgehead atoms. The summed E-state index contributed by atoms with van der Waals surface area (Å²) < 4.78 is 52.6. The predicted molar refractivity (Wildman–Crippen MR) is 135 cm³/mol. The fourth-order valence-electron chi connectivity index (χ4n) is 4.52. The number of carbonyl (C=O) groups excluding carboxylic acids is 2. The van der Waals surface area contributed by atoms with Gasteiger partial charge in [0.05, 0.1) is 25.5 Å². The zero-order valence-electron chi connectivity index (χ0n) is 20.7. The molecule has 1 amide bonds. The van der Waals surface area contributed by atoms with Crippen LogP contribution in [0.1, 0.15) is 50.3 Å². The highest BCUT2D eigenvalue weighted by Crippen LogP contribution is 2.40. The second-order valence-corrected chi connectivity index (χ2v) is 10.2. The quantitative estimate of drug-likeness (QED) is 0.327. The summed E-state index contributed by atoms with van der Waals surface area (Å²) in [4.78, 5) is 31.0. The second kappa shape index (κ2) is 9.75. The average Bonchev–Trinajstić information content (AvgIpc) is 3.48. The molecule has 5 rings (SSSR count). The van der Waals surface area contributed by atoms with Crippen molar-refractivity contribution in [3.63, 3.8) is 0 Å². The molecule has 0 saturated heterocycles. The first-order valence-corrected chi connectivity index (χ1v) is 12.6. The molecule has 12 heteroatoms. The van der Waals surface area contributed by atoms with Crippen molar-refractivity contribution in [1.82, 2.24) is 14.6 Å². The highest BCUT2D eigenvalue weighted by Gasteiger charge is 2.36. The highest BCUT2D eigenvalue weighted by atomic mass is 32.1. The third kappa shape index (κ3) is 4.71. The SMILES string of the molecule is COC(=O)c1c(NC(=O)c2cc3nc(-c4ccc(OC)cc4)cc(C(F)(F)F)n3n2)sc2c1CC[C@H](C)C2. The van der Waals surface area contributed by atoms with Gasteiger partial charge in [0, 0.05) is 16.5 Å². The Morgan fingerprint density at radius 3 is 2.55 bits per heavy atom. The third-order valence-corrected chi connectivity index (χ3v) is 7.63. The number of alkyl halides is 3. The van der Waals surface area contributed by atoms with Crippen LogP contribution >= 0.6 is 11.3 Å². The number of rotatable bonds is 5. The van der Waals surface area contributed by atoms with E-state index in [0.717, 1.165) is 29.3 Å². The van der Waals surface area contributed by atoms with E-state index in [2.05, 4.69) is 22.3 Å². The first kappa shape index (κ1) is 25.7. The van der Waals surface area contributed by atoms with E-state index in [1.54, 1.807) is 24.3 Å². The first-order chi connectivity index (χ1) is 18.1. The number of esters is 1. The molecule has 38 heavy (non-hydrogen) atoms. The van der Waals surface area contributed by atoms with E-state index in [1.807, 2.05) is 0 Å². The van der Waals surface area contributed by atoms with E-state index in [4.69, 9.17) is 9.47 Å². The molecule has 1 aliphatic carbocycles. The van der Waals surface area contributed by atoms with E-state index < -0.39 is 23.7 Å². The number of amides is 1. The van der Waals surface area contributed by atoms with Crippen LogP contribution in [0.25, 0.3) is 16.9 Å².